The van der Waals surface area contributed by atoms with Crippen LogP contribution >= 0.6 is 12.2 Å². The van der Waals surface area contributed by atoms with E-state index in [1.165, 1.54) is 0 Å². The average molecular weight is 271 g/mol. The largest absolute Gasteiger partial charge is 0.419 e. The first kappa shape index (κ1) is 12.6. The standard InChI is InChI=1S/C11H8F3N3S/c12-11(13,14)8-5-16-17(6-8)9-3-1-7(2-4-9)10(15)18/h1-6H,(H2,15,18). The van der Waals surface area contributed by atoms with Crippen molar-refractivity contribution < 1.29 is 13.2 Å². The normalized spacial score (nSPS) is 11.5. The number of rotatable bonds is 2. The summed E-state index contributed by atoms with van der Waals surface area (Å²) in [5.74, 6) is 0. The molecular weight excluding hydrogens is 263 g/mol. The summed E-state index contributed by atoms with van der Waals surface area (Å²) < 4.78 is 38.3. The highest BCUT2D eigenvalue weighted by Crippen LogP contribution is 2.29. The molecule has 1 heterocycles. The smallest absolute Gasteiger partial charge is 0.389 e. The molecule has 3 nitrogen and oxygen atoms in total. The van der Waals surface area contributed by atoms with Crippen molar-refractivity contribution in [3.63, 3.8) is 0 Å². The molecule has 2 N–H and O–H groups in total. The molecule has 2 rings (SSSR count). The summed E-state index contributed by atoms with van der Waals surface area (Å²) in [6, 6.07) is 6.46. The molecular formula is C11H8F3N3S. The molecule has 0 fully saturated rings. The first-order valence-corrected chi connectivity index (χ1v) is 5.31. The van der Waals surface area contributed by atoms with Crippen LogP contribution in [0.4, 0.5) is 13.2 Å². The Morgan fingerprint density at radius 2 is 1.83 bits per heavy atom. The van der Waals surface area contributed by atoms with E-state index < -0.39 is 11.7 Å². The SMILES string of the molecule is NC(=S)c1ccc(-n2cc(C(F)(F)F)cn2)cc1. The summed E-state index contributed by atoms with van der Waals surface area (Å²) in [6.07, 6.45) is -2.69. The summed E-state index contributed by atoms with van der Waals surface area (Å²) in [5, 5.41) is 3.66. The van der Waals surface area contributed by atoms with E-state index in [0.717, 1.165) is 17.1 Å². The molecule has 2 aromatic rings. The van der Waals surface area contributed by atoms with Gasteiger partial charge in [0.25, 0.3) is 0 Å². The maximum atomic E-state index is 12.4. The van der Waals surface area contributed by atoms with E-state index in [1.807, 2.05) is 0 Å². The minimum Gasteiger partial charge on any atom is -0.389 e. The van der Waals surface area contributed by atoms with E-state index in [2.05, 4.69) is 5.10 Å². The molecule has 0 bridgehead atoms. The Kier molecular flexibility index (Phi) is 3.08. The highest BCUT2D eigenvalue weighted by molar-refractivity contribution is 7.80. The summed E-state index contributed by atoms with van der Waals surface area (Å²) in [6.45, 7) is 0. The zero-order chi connectivity index (χ0) is 13.3. The Bertz CT molecular complexity index is 572. The van der Waals surface area contributed by atoms with Crippen molar-refractivity contribution in [2.24, 2.45) is 5.73 Å². The summed E-state index contributed by atoms with van der Waals surface area (Å²) >= 11 is 4.78. The molecule has 0 aliphatic heterocycles. The van der Waals surface area contributed by atoms with E-state index in [4.69, 9.17) is 18.0 Å². The van der Waals surface area contributed by atoms with Crippen molar-refractivity contribution in [3.8, 4) is 5.69 Å². The van der Waals surface area contributed by atoms with Crippen LogP contribution in [0.2, 0.25) is 0 Å². The van der Waals surface area contributed by atoms with Crippen LogP contribution in [-0.2, 0) is 6.18 Å². The van der Waals surface area contributed by atoms with Crippen molar-refractivity contribution in [2.75, 3.05) is 0 Å². The molecule has 0 atom stereocenters. The number of nitrogens with two attached hydrogens (primary N) is 1. The fourth-order valence-corrected chi connectivity index (χ4v) is 1.52. The van der Waals surface area contributed by atoms with Crippen molar-refractivity contribution in [2.45, 2.75) is 6.18 Å². The summed E-state index contributed by atoms with van der Waals surface area (Å²) in [5.41, 5.74) is 5.79. The van der Waals surface area contributed by atoms with Crippen LogP contribution in [0.1, 0.15) is 11.1 Å². The van der Waals surface area contributed by atoms with Crippen LogP contribution in [0, 0.1) is 0 Å². The Balaban J connectivity index is 2.32. The maximum Gasteiger partial charge on any atom is 0.419 e. The second kappa shape index (κ2) is 4.41. The van der Waals surface area contributed by atoms with Gasteiger partial charge in [0.15, 0.2) is 0 Å². The van der Waals surface area contributed by atoms with Gasteiger partial charge in [-0.2, -0.15) is 18.3 Å². The van der Waals surface area contributed by atoms with Crippen LogP contribution < -0.4 is 5.73 Å². The van der Waals surface area contributed by atoms with Gasteiger partial charge in [0.1, 0.15) is 4.99 Å². The van der Waals surface area contributed by atoms with E-state index in [-0.39, 0.29) is 4.99 Å². The number of hydrogen-bond acceptors (Lipinski definition) is 2. The van der Waals surface area contributed by atoms with Gasteiger partial charge in [-0.25, -0.2) is 4.68 Å². The Morgan fingerprint density at radius 3 is 2.28 bits per heavy atom. The molecule has 0 spiro atoms. The number of thiocarbonyl (C=S) groups is 1. The molecule has 0 aliphatic rings. The highest BCUT2D eigenvalue weighted by atomic mass is 32.1. The van der Waals surface area contributed by atoms with E-state index in [9.17, 15) is 13.2 Å². The van der Waals surface area contributed by atoms with E-state index in [0.29, 0.717) is 11.3 Å². The van der Waals surface area contributed by atoms with Crippen LogP contribution in [0.25, 0.3) is 5.69 Å². The average Bonchev–Trinajstić information content (AvgIpc) is 2.78. The molecule has 0 radical (unpaired) electrons. The number of alkyl halides is 3. The second-order valence-corrected chi connectivity index (χ2v) is 4.02. The Labute approximate surface area is 106 Å². The molecule has 1 aromatic carbocycles. The van der Waals surface area contributed by atoms with Gasteiger partial charge in [0, 0.05) is 11.8 Å². The predicted octanol–water partition coefficient (Wildman–Crippen LogP) is 2.53. The predicted molar refractivity (Wildman–Crippen MR) is 64.5 cm³/mol. The second-order valence-electron chi connectivity index (χ2n) is 3.58. The van der Waals surface area contributed by atoms with Gasteiger partial charge in [0.2, 0.25) is 0 Å². The first-order chi connectivity index (χ1) is 8.38. The molecule has 94 valence electrons. The van der Waals surface area contributed by atoms with Gasteiger partial charge in [-0.15, -0.1) is 0 Å². The maximum absolute atomic E-state index is 12.4. The van der Waals surface area contributed by atoms with Crippen LogP contribution in [0.5, 0.6) is 0 Å². The van der Waals surface area contributed by atoms with E-state index >= 15 is 0 Å². The van der Waals surface area contributed by atoms with E-state index in [1.54, 1.807) is 24.3 Å². The van der Waals surface area contributed by atoms with Gasteiger partial charge in [0.05, 0.1) is 17.4 Å². The quantitative estimate of drug-likeness (QED) is 0.854. The van der Waals surface area contributed by atoms with Crippen LogP contribution in [0.3, 0.4) is 0 Å². The minimum atomic E-state index is -4.39. The van der Waals surface area contributed by atoms with Crippen molar-refractivity contribution in [1.29, 1.82) is 0 Å². The lowest BCUT2D eigenvalue weighted by Crippen LogP contribution is -2.09. The zero-order valence-electron chi connectivity index (χ0n) is 8.98. The topological polar surface area (TPSA) is 43.8 Å². The molecule has 18 heavy (non-hydrogen) atoms. The fraction of sp³-hybridized carbons (Fsp3) is 0.0909. The van der Waals surface area contributed by atoms with Crippen LogP contribution in [0.15, 0.2) is 36.7 Å². The third-order valence-corrected chi connectivity index (χ3v) is 2.56. The lowest BCUT2D eigenvalue weighted by Gasteiger charge is -2.03. The third-order valence-electron chi connectivity index (χ3n) is 2.33. The Hall–Kier alpha value is -1.89. The molecule has 1 aromatic heterocycles. The van der Waals surface area contributed by atoms with Crippen molar-refractivity contribution >= 4 is 17.2 Å². The Morgan fingerprint density at radius 1 is 1.22 bits per heavy atom. The molecule has 0 saturated carbocycles. The van der Waals surface area contributed by atoms with Gasteiger partial charge in [-0.1, -0.05) is 12.2 Å². The minimum absolute atomic E-state index is 0.234. The highest BCUT2D eigenvalue weighted by Gasteiger charge is 2.32. The third kappa shape index (κ3) is 2.51. The van der Waals surface area contributed by atoms with Gasteiger partial charge >= 0.3 is 6.18 Å². The van der Waals surface area contributed by atoms with Gasteiger partial charge in [-0.05, 0) is 24.3 Å². The first-order valence-electron chi connectivity index (χ1n) is 4.90. The lowest BCUT2D eigenvalue weighted by atomic mass is 10.2. The molecule has 0 aliphatic carbocycles. The van der Waals surface area contributed by atoms with Gasteiger partial charge in [-0.3, -0.25) is 0 Å². The summed E-state index contributed by atoms with van der Waals surface area (Å²) in [4.78, 5) is 0.234. The fourth-order valence-electron chi connectivity index (χ4n) is 1.39. The monoisotopic (exact) mass is 271 g/mol. The van der Waals surface area contributed by atoms with Gasteiger partial charge < -0.3 is 5.73 Å². The summed E-state index contributed by atoms with van der Waals surface area (Å²) in [7, 11) is 0. The number of halogens is 3. The number of aromatic nitrogens is 2. The van der Waals surface area contributed by atoms with Crippen LogP contribution in [-0.4, -0.2) is 14.8 Å². The zero-order valence-corrected chi connectivity index (χ0v) is 9.79. The molecule has 0 saturated heterocycles. The number of hydrogen-bond donors (Lipinski definition) is 1. The van der Waals surface area contributed by atoms with Crippen molar-refractivity contribution in [3.05, 3.63) is 47.8 Å². The lowest BCUT2D eigenvalue weighted by molar-refractivity contribution is -0.137. The molecule has 0 unspecified atom stereocenters. The number of nitrogens with zero attached hydrogens (tertiary/aromatic N) is 2. The number of benzene rings is 1. The molecule has 7 heteroatoms. The van der Waals surface area contributed by atoms with Crippen molar-refractivity contribution in [1.82, 2.24) is 9.78 Å². The molecule has 0 amide bonds.